The minimum atomic E-state index is -0.169. The van der Waals surface area contributed by atoms with Gasteiger partial charge in [0.05, 0.1) is 0 Å². The molecule has 21 heavy (non-hydrogen) atoms. The molecule has 0 aliphatic rings. The Morgan fingerprint density at radius 1 is 1.43 bits per heavy atom. The lowest BCUT2D eigenvalue weighted by molar-refractivity contribution is -0.123. The molecule has 0 aliphatic heterocycles. The molecule has 0 spiro atoms. The van der Waals surface area contributed by atoms with Gasteiger partial charge in [0.15, 0.2) is 12.4 Å². The average Bonchev–Trinajstić information content (AvgIpc) is 2.50. The van der Waals surface area contributed by atoms with Gasteiger partial charge < -0.3 is 21.0 Å². The zero-order valence-electron chi connectivity index (χ0n) is 12.4. The highest BCUT2D eigenvalue weighted by Gasteiger charge is 2.16. The van der Waals surface area contributed by atoms with Gasteiger partial charge in [-0.1, -0.05) is 5.16 Å². The number of hydrogen-bond acceptors (Lipinski definition) is 5. The first-order valence-corrected chi connectivity index (χ1v) is 7.63. The van der Waals surface area contributed by atoms with Crippen LogP contribution in [0.4, 0.5) is 0 Å². The summed E-state index contributed by atoms with van der Waals surface area (Å²) in [7, 11) is 0. The smallest absolute Gasteiger partial charge is 0.257 e. The number of carbonyl (C=O) groups is 1. The second-order valence-corrected chi connectivity index (χ2v) is 6.55. The van der Waals surface area contributed by atoms with Crippen LogP contribution in [0.25, 0.3) is 0 Å². The van der Waals surface area contributed by atoms with Crippen LogP contribution in [0.1, 0.15) is 19.4 Å². The van der Waals surface area contributed by atoms with Crippen LogP contribution in [0.5, 0.6) is 5.75 Å². The molecule has 0 unspecified atom stereocenters. The van der Waals surface area contributed by atoms with Crippen molar-refractivity contribution in [1.29, 1.82) is 0 Å². The van der Waals surface area contributed by atoms with E-state index in [0.717, 1.165) is 0 Å². The highest BCUT2D eigenvalue weighted by molar-refractivity contribution is 7.99. The lowest BCUT2D eigenvalue weighted by Crippen LogP contribution is -2.38. The van der Waals surface area contributed by atoms with Crippen LogP contribution < -0.4 is 15.8 Å². The van der Waals surface area contributed by atoms with Crippen molar-refractivity contribution in [1.82, 2.24) is 5.32 Å². The molecule has 4 N–H and O–H groups in total. The third-order valence-electron chi connectivity index (χ3n) is 2.89. The Bertz CT molecular complexity index is 501. The van der Waals surface area contributed by atoms with Crippen LogP contribution in [0.2, 0.25) is 0 Å². The summed E-state index contributed by atoms with van der Waals surface area (Å²) in [6.07, 6.45) is 2.01. The van der Waals surface area contributed by atoms with Crippen LogP contribution in [-0.4, -0.2) is 41.1 Å². The van der Waals surface area contributed by atoms with Gasteiger partial charge in [-0.05, 0) is 44.4 Å². The zero-order chi connectivity index (χ0) is 15.9. The summed E-state index contributed by atoms with van der Waals surface area (Å²) in [5, 5.41) is 14.3. The SMILES string of the molecule is CSC(C)(C)CNC(=O)COc1ccc(/C(N)=N/O)cc1. The first kappa shape index (κ1) is 17.2. The van der Waals surface area contributed by atoms with Crippen molar-refractivity contribution in [2.45, 2.75) is 18.6 Å². The standard InChI is InChI=1S/C14H21N3O3S/c1-14(2,21-3)9-16-12(18)8-20-11-6-4-10(5-7-11)13(15)17-19/h4-7,19H,8-9H2,1-3H3,(H2,15,17)(H,16,18). The minimum Gasteiger partial charge on any atom is -0.484 e. The van der Waals surface area contributed by atoms with Gasteiger partial charge in [0.25, 0.3) is 5.91 Å². The third-order valence-corrected chi connectivity index (χ3v) is 4.14. The molecule has 6 nitrogen and oxygen atoms in total. The van der Waals surface area contributed by atoms with Crippen molar-refractivity contribution in [2.24, 2.45) is 10.9 Å². The number of hydrogen-bond donors (Lipinski definition) is 3. The van der Waals surface area contributed by atoms with Gasteiger partial charge in [-0.15, -0.1) is 0 Å². The van der Waals surface area contributed by atoms with Crippen LogP contribution in [0, 0.1) is 0 Å². The number of nitrogens with one attached hydrogen (secondary N) is 1. The molecule has 0 atom stereocenters. The maximum Gasteiger partial charge on any atom is 0.257 e. The van der Waals surface area contributed by atoms with Gasteiger partial charge in [-0.2, -0.15) is 11.8 Å². The van der Waals surface area contributed by atoms with E-state index in [1.807, 2.05) is 6.26 Å². The number of amides is 1. The first-order chi connectivity index (χ1) is 9.88. The van der Waals surface area contributed by atoms with E-state index in [1.165, 1.54) is 0 Å². The van der Waals surface area contributed by atoms with Gasteiger partial charge in [-0.3, -0.25) is 4.79 Å². The minimum absolute atomic E-state index is 0.00152. The van der Waals surface area contributed by atoms with E-state index in [4.69, 9.17) is 15.7 Å². The number of ether oxygens (including phenoxy) is 1. The molecular weight excluding hydrogens is 290 g/mol. The summed E-state index contributed by atoms with van der Waals surface area (Å²) in [6, 6.07) is 6.62. The quantitative estimate of drug-likeness (QED) is 0.306. The second kappa shape index (κ2) is 7.78. The molecule has 7 heteroatoms. The molecule has 0 aromatic heterocycles. The van der Waals surface area contributed by atoms with Gasteiger partial charge >= 0.3 is 0 Å². The van der Waals surface area contributed by atoms with Crippen molar-refractivity contribution in [2.75, 3.05) is 19.4 Å². The van der Waals surface area contributed by atoms with Gasteiger partial charge in [-0.25, -0.2) is 0 Å². The zero-order valence-corrected chi connectivity index (χ0v) is 13.2. The summed E-state index contributed by atoms with van der Waals surface area (Å²) >= 11 is 1.69. The number of thioether (sulfide) groups is 1. The van der Waals surface area contributed by atoms with Crippen LogP contribution in [0.3, 0.4) is 0 Å². The Morgan fingerprint density at radius 2 is 2.05 bits per heavy atom. The number of amidine groups is 1. The fraction of sp³-hybridized carbons (Fsp3) is 0.429. The van der Waals surface area contributed by atoms with Crippen molar-refractivity contribution in [3.8, 4) is 5.75 Å². The Morgan fingerprint density at radius 3 is 2.57 bits per heavy atom. The molecule has 1 aromatic rings. The Kier molecular flexibility index (Phi) is 6.36. The van der Waals surface area contributed by atoms with E-state index in [2.05, 4.69) is 24.3 Å². The molecular formula is C14H21N3O3S. The number of carbonyl (C=O) groups excluding carboxylic acids is 1. The number of benzene rings is 1. The number of nitrogens with zero attached hydrogens (tertiary/aromatic N) is 1. The first-order valence-electron chi connectivity index (χ1n) is 6.40. The lowest BCUT2D eigenvalue weighted by atomic mass is 10.2. The average molecular weight is 311 g/mol. The lowest BCUT2D eigenvalue weighted by Gasteiger charge is -2.22. The molecule has 0 fully saturated rings. The van der Waals surface area contributed by atoms with Gasteiger partial charge in [0.1, 0.15) is 5.75 Å². The fourth-order valence-electron chi connectivity index (χ4n) is 1.36. The molecule has 1 amide bonds. The molecule has 0 saturated heterocycles. The van der Waals surface area contributed by atoms with E-state index >= 15 is 0 Å². The molecule has 116 valence electrons. The fourth-order valence-corrected chi connectivity index (χ4v) is 1.58. The largest absolute Gasteiger partial charge is 0.484 e. The van der Waals surface area contributed by atoms with E-state index in [1.54, 1.807) is 36.0 Å². The monoisotopic (exact) mass is 311 g/mol. The molecule has 0 aliphatic carbocycles. The van der Waals surface area contributed by atoms with Crippen molar-refractivity contribution in [3.05, 3.63) is 29.8 Å². The van der Waals surface area contributed by atoms with Crippen molar-refractivity contribution >= 4 is 23.5 Å². The van der Waals surface area contributed by atoms with Crippen molar-refractivity contribution in [3.63, 3.8) is 0 Å². The summed E-state index contributed by atoms with van der Waals surface area (Å²) in [4.78, 5) is 11.7. The van der Waals surface area contributed by atoms with Crippen LogP contribution >= 0.6 is 11.8 Å². The van der Waals surface area contributed by atoms with Crippen LogP contribution in [0.15, 0.2) is 29.4 Å². The van der Waals surface area contributed by atoms with E-state index < -0.39 is 0 Å². The summed E-state index contributed by atoms with van der Waals surface area (Å²) in [6.45, 7) is 4.65. The van der Waals surface area contributed by atoms with Crippen molar-refractivity contribution < 1.29 is 14.7 Å². The maximum atomic E-state index is 11.7. The predicted octanol–water partition coefficient (Wildman–Crippen LogP) is 1.42. The summed E-state index contributed by atoms with van der Waals surface area (Å²) < 4.78 is 5.37. The van der Waals surface area contributed by atoms with Gasteiger partial charge in [0.2, 0.25) is 0 Å². The maximum absolute atomic E-state index is 11.7. The van der Waals surface area contributed by atoms with E-state index in [0.29, 0.717) is 17.9 Å². The van der Waals surface area contributed by atoms with E-state index in [9.17, 15) is 4.79 Å². The highest BCUT2D eigenvalue weighted by atomic mass is 32.2. The molecule has 0 heterocycles. The normalized spacial score (nSPS) is 12.0. The Labute approximate surface area is 128 Å². The number of rotatable bonds is 7. The predicted molar refractivity (Wildman–Crippen MR) is 85.1 cm³/mol. The number of nitrogens with two attached hydrogens (primary N) is 1. The Balaban J connectivity index is 2.43. The topological polar surface area (TPSA) is 96.9 Å². The Hall–Kier alpha value is -1.89. The van der Waals surface area contributed by atoms with Gasteiger partial charge in [0, 0.05) is 16.9 Å². The molecule has 0 saturated carbocycles. The number of oxime groups is 1. The highest BCUT2D eigenvalue weighted by Crippen LogP contribution is 2.19. The second-order valence-electron chi connectivity index (χ2n) is 5.04. The molecule has 1 aromatic carbocycles. The molecule has 1 rings (SSSR count). The summed E-state index contributed by atoms with van der Waals surface area (Å²) in [5.74, 6) is 0.403. The summed E-state index contributed by atoms with van der Waals surface area (Å²) in [5.41, 5.74) is 6.03. The molecule has 0 bridgehead atoms. The van der Waals surface area contributed by atoms with E-state index in [-0.39, 0.29) is 23.1 Å². The third kappa shape index (κ3) is 5.95. The van der Waals surface area contributed by atoms with Crippen LogP contribution in [-0.2, 0) is 4.79 Å². The molecule has 0 radical (unpaired) electrons.